The number of rotatable bonds is 6. The molecule has 5 nitrogen and oxygen atoms in total. The molecule has 0 bridgehead atoms. The molecule has 6 heteroatoms. The molecule has 2 aliphatic heterocycles. The summed E-state index contributed by atoms with van der Waals surface area (Å²) in [6.07, 6.45) is 1.48. The van der Waals surface area contributed by atoms with E-state index in [4.69, 9.17) is 9.47 Å². The zero-order valence-corrected chi connectivity index (χ0v) is 16.8. The molecule has 0 aromatic heterocycles. The maximum atomic E-state index is 13.1. The van der Waals surface area contributed by atoms with Crippen molar-refractivity contribution in [2.24, 2.45) is 5.92 Å². The fourth-order valence-corrected chi connectivity index (χ4v) is 4.05. The molecule has 2 aromatic carbocycles. The Labute approximate surface area is 171 Å². The predicted octanol–water partition coefficient (Wildman–Crippen LogP) is 3.47. The first kappa shape index (κ1) is 19.7. The van der Waals surface area contributed by atoms with Gasteiger partial charge in [-0.3, -0.25) is 4.79 Å². The molecule has 154 valence electrons. The molecule has 1 fully saturated rings. The summed E-state index contributed by atoms with van der Waals surface area (Å²) in [5.74, 6) is 2.02. The highest BCUT2D eigenvalue weighted by Gasteiger charge is 2.22. The molecule has 1 saturated heterocycles. The first-order valence-corrected chi connectivity index (χ1v) is 10.2. The maximum absolute atomic E-state index is 13.1. The van der Waals surface area contributed by atoms with Crippen LogP contribution < -0.4 is 9.47 Å². The normalized spacial score (nSPS) is 18.0. The van der Waals surface area contributed by atoms with Gasteiger partial charge in [0.25, 0.3) is 0 Å². The minimum absolute atomic E-state index is 0.167. The molecule has 1 atom stereocenters. The third-order valence-corrected chi connectivity index (χ3v) is 5.56. The van der Waals surface area contributed by atoms with E-state index in [1.54, 1.807) is 12.1 Å². The fraction of sp³-hybridized carbons (Fsp3) is 0.435. The van der Waals surface area contributed by atoms with E-state index in [2.05, 4.69) is 24.0 Å². The van der Waals surface area contributed by atoms with E-state index in [9.17, 15) is 9.18 Å². The summed E-state index contributed by atoms with van der Waals surface area (Å²) in [7, 11) is 0. The van der Waals surface area contributed by atoms with Gasteiger partial charge in [-0.25, -0.2) is 4.39 Å². The highest BCUT2D eigenvalue weighted by Crippen LogP contribution is 2.33. The zero-order valence-electron chi connectivity index (χ0n) is 16.8. The fourth-order valence-electron chi connectivity index (χ4n) is 4.05. The largest absolute Gasteiger partial charge is 0.454 e. The first-order chi connectivity index (χ1) is 14.1. The summed E-state index contributed by atoms with van der Waals surface area (Å²) in [5.41, 5.74) is 2.20. The molecule has 4 rings (SSSR count). The Hall–Kier alpha value is -2.60. The predicted molar refractivity (Wildman–Crippen MR) is 108 cm³/mol. The van der Waals surface area contributed by atoms with Crippen molar-refractivity contribution in [1.82, 2.24) is 9.80 Å². The number of carbonyl (C=O) groups is 1. The molecule has 2 aromatic rings. The molecular weight excluding hydrogens is 371 g/mol. The number of nitrogens with zero attached hydrogens (tertiary/aromatic N) is 2. The molecule has 0 N–H and O–H groups in total. The topological polar surface area (TPSA) is 42.0 Å². The summed E-state index contributed by atoms with van der Waals surface area (Å²) in [4.78, 5) is 16.8. The second-order valence-electron chi connectivity index (χ2n) is 7.99. The lowest BCUT2D eigenvalue weighted by atomic mass is 10.00. The van der Waals surface area contributed by atoms with Crippen LogP contribution in [0.15, 0.2) is 42.5 Å². The molecule has 2 aliphatic rings. The molecule has 0 aliphatic carbocycles. The van der Waals surface area contributed by atoms with Crippen LogP contribution in [0.2, 0.25) is 0 Å². The Balaban J connectivity index is 1.29. The van der Waals surface area contributed by atoms with E-state index in [0.717, 1.165) is 43.1 Å². The number of amides is 1. The Morgan fingerprint density at radius 2 is 1.76 bits per heavy atom. The van der Waals surface area contributed by atoms with E-state index in [-0.39, 0.29) is 11.7 Å². The number of carbonyl (C=O) groups excluding carboxylic acids is 1. The van der Waals surface area contributed by atoms with E-state index < -0.39 is 0 Å². The number of fused-ring (bicyclic) bond motifs is 1. The van der Waals surface area contributed by atoms with Gasteiger partial charge in [0.05, 0.1) is 0 Å². The van der Waals surface area contributed by atoms with Crippen LogP contribution in [0.1, 0.15) is 24.5 Å². The molecular formula is C23H27FN2O3. The smallest absolute Gasteiger partial charge is 0.231 e. The second kappa shape index (κ2) is 8.82. The number of hydrogen-bond donors (Lipinski definition) is 0. The van der Waals surface area contributed by atoms with Gasteiger partial charge >= 0.3 is 0 Å². The van der Waals surface area contributed by atoms with Crippen molar-refractivity contribution in [3.8, 4) is 11.5 Å². The van der Waals surface area contributed by atoms with E-state index in [1.165, 1.54) is 17.7 Å². The highest BCUT2D eigenvalue weighted by molar-refractivity contribution is 5.76. The van der Waals surface area contributed by atoms with E-state index in [0.29, 0.717) is 32.2 Å². The Morgan fingerprint density at radius 3 is 2.59 bits per heavy atom. The lowest BCUT2D eigenvalue weighted by Gasteiger charge is -2.24. The van der Waals surface area contributed by atoms with Gasteiger partial charge in [0, 0.05) is 39.1 Å². The number of ether oxygens (including phenoxy) is 2. The Morgan fingerprint density at radius 1 is 1.00 bits per heavy atom. The molecule has 0 saturated carbocycles. The minimum Gasteiger partial charge on any atom is -0.454 e. The van der Waals surface area contributed by atoms with Crippen molar-refractivity contribution in [3.05, 3.63) is 59.4 Å². The number of halogens is 1. The number of benzene rings is 2. The summed E-state index contributed by atoms with van der Waals surface area (Å²) in [5, 5.41) is 0. The van der Waals surface area contributed by atoms with Crippen LogP contribution in [0.25, 0.3) is 0 Å². The first-order valence-electron chi connectivity index (χ1n) is 10.2. The van der Waals surface area contributed by atoms with E-state index >= 15 is 0 Å². The van der Waals surface area contributed by atoms with Crippen molar-refractivity contribution in [3.63, 3.8) is 0 Å². The van der Waals surface area contributed by atoms with Crippen molar-refractivity contribution in [1.29, 1.82) is 0 Å². The van der Waals surface area contributed by atoms with Gasteiger partial charge in [-0.1, -0.05) is 25.1 Å². The lowest BCUT2D eigenvalue weighted by Crippen LogP contribution is -2.34. The van der Waals surface area contributed by atoms with Gasteiger partial charge in [-0.2, -0.15) is 0 Å². The van der Waals surface area contributed by atoms with Gasteiger partial charge in [0.15, 0.2) is 11.5 Å². The molecule has 29 heavy (non-hydrogen) atoms. The SMILES string of the molecule is C[C@H](Cc1ccc2c(c1)OCO2)CN1CCC(=O)N(Cc2ccc(F)cc2)CC1. The van der Waals surface area contributed by atoms with E-state index in [1.807, 2.05) is 11.0 Å². The third kappa shape index (κ3) is 5.07. The van der Waals surface area contributed by atoms with Gasteiger partial charge < -0.3 is 19.3 Å². The van der Waals surface area contributed by atoms with Gasteiger partial charge in [-0.15, -0.1) is 0 Å². The lowest BCUT2D eigenvalue weighted by molar-refractivity contribution is -0.130. The van der Waals surface area contributed by atoms with Gasteiger partial charge in [-0.05, 0) is 47.7 Å². The monoisotopic (exact) mass is 398 g/mol. The van der Waals surface area contributed by atoms with Crippen molar-refractivity contribution in [2.45, 2.75) is 26.3 Å². The average molecular weight is 398 g/mol. The van der Waals surface area contributed by atoms with Crippen molar-refractivity contribution < 1.29 is 18.7 Å². The molecule has 0 radical (unpaired) electrons. The Bertz CT molecular complexity index is 856. The number of hydrogen-bond acceptors (Lipinski definition) is 4. The van der Waals surface area contributed by atoms with Crippen LogP contribution >= 0.6 is 0 Å². The van der Waals surface area contributed by atoms with Crippen LogP contribution in [0.5, 0.6) is 11.5 Å². The van der Waals surface area contributed by atoms with Crippen molar-refractivity contribution in [2.75, 3.05) is 33.0 Å². The minimum atomic E-state index is -0.251. The summed E-state index contributed by atoms with van der Waals surface area (Å²) in [6, 6.07) is 12.5. The standard InChI is InChI=1S/C23H27FN2O3/c1-17(12-19-4-7-21-22(13-19)29-16-28-21)14-25-9-8-23(27)26(11-10-25)15-18-2-5-20(24)6-3-18/h2-7,13,17H,8-12,14-16H2,1H3/t17-/m1/s1. The van der Waals surface area contributed by atoms with Crippen LogP contribution in [-0.4, -0.2) is 48.7 Å². The van der Waals surface area contributed by atoms with Crippen LogP contribution in [0.4, 0.5) is 4.39 Å². The quantitative estimate of drug-likeness (QED) is 0.747. The van der Waals surface area contributed by atoms with Crippen LogP contribution in [0, 0.1) is 11.7 Å². The maximum Gasteiger partial charge on any atom is 0.231 e. The van der Waals surface area contributed by atoms with Crippen LogP contribution in [0.3, 0.4) is 0 Å². The Kier molecular flexibility index (Phi) is 6.00. The third-order valence-electron chi connectivity index (χ3n) is 5.56. The second-order valence-corrected chi connectivity index (χ2v) is 7.99. The zero-order chi connectivity index (χ0) is 20.2. The summed E-state index contributed by atoms with van der Waals surface area (Å²) in [6.45, 7) is 6.37. The molecule has 0 unspecified atom stereocenters. The van der Waals surface area contributed by atoms with Gasteiger partial charge in [0.1, 0.15) is 5.82 Å². The van der Waals surface area contributed by atoms with Gasteiger partial charge in [0.2, 0.25) is 12.7 Å². The van der Waals surface area contributed by atoms with Crippen molar-refractivity contribution >= 4 is 5.91 Å². The highest BCUT2D eigenvalue weighted by atomic mass is 19.1. The summed E-state index contributed by atoms with van der Waals surface area (Å²) < 4.78 is 23.9. The average Bonchev–Trinajstić information content (AvgIpc) is 3.11. The van der Waals surface area contributed by atoms with Crippen LogP contribution in [-0.2, 0) is 17.8 Å². The molecule has 2 heterocycles. The molecule has 0 spiro atoms. The summed E-state index contributed by atoms with van der Waals surface area (Å²) >= 11 is 0. The molecule has 1 amide bonds.